The first-order chi connectivity index (χ1) is 9.67. The van der Waals surface area contributed by atoms with Crippen molar-refractivity contribution < 1.29 is 4.74 Å². The minimum absolute atomic E-state index is 0.0263. The fourth-order valence-electron chi connectivity index (χ4n) is 2.60. The Balaban J connectivity index is 1.94. The van der Waals surface area contributed by atoms with Gasteiger partial charge in [0.05, 0.1) is 0 Å². The molecular formula is C16H15Cl2NO. The number of fused-ring (bicyclic) bond motifs is 1. The molecule has 0 radical (unpaired) electrons. The van der Waals surface area contributed by atoms with Crippen LogP contribution in [-0.4, -0.2) is 7.05 Å². The number of hydrogen-bond acceptors (Lipinski definition) is 2. The number of benzene rings is 2. The fraction of sp³-hybridized carbons (Fsp3) is 0.250. The Morgan fingerprint density at radius 3 is 2.45 bits per heavy atom. The van der Waals surface area contributed by atoms with Crippen molar-refractivity contribution in [2.24, 2.45) is 0 Å². The van der Waals surface area contributed by atoms with E-state index in [2.05, 4.69) is 5.32 Å². The molecule has 0 amide bonds. The van der Waals surface area contributed by atoms with E-state index in [9.17, 15) is 0 Å². The van der Waals surface area contributed by atoms with E-state index in [0.717, 1.165) is 33.3 Å². The summed E-state index contributed by atoms with van der Waals surface area (Å²) in [7, 11) is 1.96. The molecule has 0 aromatic heterocycles. The Morgan fingerprint density at radius 1 is 1.05 bits per heavy atom. The average Bonchev–Trinajstić information content (AvgIpc) is 2.47. The number of hydrogen-bond donors (Lipinski definition) is 1. The van der Waals surface area contributed by atoms with Crippen molar-refractivity contribution in [3.8, 4) is 5.75 Å². The molecule has 2 aromatic rings. The van der Waals surface area contributed by atoms with Crippen molar-refractivity contribution in [1.29, 1.82) is 0 Å². The quantitative estimate of drug-likeness (QED) is 0.862. The normalized spacial score (nSPS) is 21.1. The van der Waals surface area contributed by atoms with E-state index in [1.165, 1.54) is 0 Å². The van der Waals surface area contributed by atoms with Crippen molar-refractivity contribution >= 4 is 23.2 Å². The maximum Gasteiger partial charge on any atom is 0.126 e. The van der Waals surface area contributed by atoms with Gasteiger partial charge in [-0.1, -0.05) is 35.3 Å². The SMILES string of the molecule is CNC1CC(c2ccc(Cl)cc2)Oc2ccc(Cl)cc21. The van der Waals surface area contributed by atoms with Crippen LogP contribution in [0.5, 0.6) is 5.75 Å². The minimum Gasteiger partial charge on any atom is -0.485 e. The van der Waals surface area contributed by atoms with E-state index in [-0.39, 0.29) is 12.1 Å². The monoisotopic (exact) mass is 307 g/mol. The van der Waals surface area contributed by atoms with Gasteiger partial charge in [0, 0.05) is 28.1 Å². The van der Waals surface area contributed by atoms with Crippen molar-refractivity contribution in [2.45, 2.75) is 18.6 Å². The largest absolute Gasteiger partial charge is 0.485 e. The molecule has 2 atom stereocenters. The fourth-order valence-corrected chi connectivity index (χ4v) is 2.90. The first-order valence-electron chi connectivity index (χ1n) is 6.56. The van der Waals surface area contributed by atoms with E-state index in [1.807, 2.05) is 49.5 Å². The van der Waals surface area contributed by atoms with Crippen molar-refractivity contribution in [3.63, 3.8) is 0 Å². The zero-order chi connectivity index (χ0) is 14.1. The third kappa shape index (κ3) is 2.64. The molecule has 2 nitrogen and oxygen atoms in total. The lowest BCUT2D eigenvalue weighted by molar-refractivity contribution is 0.154. The minimum atomic E-state index is 0.0263. The van der Waals surface area contributed by atoms with E-state index in [1.54, 1.807) is 0 Å². The summed E-state index contributed by atoms with van der Waals surface area (Å²) >= 11 is 12.0. The van der Waals surface area contributed by atoms with Gasteiger partial charge in [0.15, 0.2) is 0 Å². The van der Waals surface area contributed by atoms with Crippen LogP contribution in [0.2, 0.25) is 10.0 Å². The molecular weight excluding hydrogens is 293 g/mol. The smallest absolute Gasteiger partial charge is 0.126 e. The lowest BCUT2D eigenvalue weighted by Gasteiger charge is -2.32. The Bertz CT molecular complexity index is 612. The summed E-state index contributed by atoms with van der Waals surface area (Å²) < 4.78 is 6.10. The molecule has 0 saturated heterocycles. The van der Waals surface area contributed by atoms with Crippen LogP contribution in [0, 0.1) is 0 Å². The number of rotatable bonds is 2. The Labute approximate surface area is 128 Å². The first kappa shape index (κ1) is 13.7. The Kier molecular flexibility index (Phi) is 3.88. The molecule has 2 unspecified atom stereocenters. The second-order valence-corrected chi connectivity index (χ2v) is 5.79. The van der Waals surface area contributed by atoms with Gasteiger partial charge < -0.3 is 10.1 Å². The van der Waals surface area contributed by atoms with Gasteiger partial charge in [-0.3, -0.25) is 0 Å². The molecule has 1 aliphatic heterocycles. The summed E-state index contributed by atoms with van der Waals surface area (Å²) in [6.45, 7) is 0. The van der Waals surface area contributed by atoms with Gasteiger partial charge in [-0.2, -0.15) is 0 Å². The molecule has 0 aliphatic carbocycles. The van der Waals surface area contributed by atoms with Crippen LogP contribution in [0.4, 0.5) is 0 Å². The van der Waals surface area contributed by atoms with Crippen LogP contribution < -0.4 is 10.1 Å². The van der Waals surface area contributed by atoms with Gasteiger partial charge >= 0.3 is 0 Å². The van der Waals surface area contributed by atoms with Crippen molar-refractivity contribution in [3.05, 3.63) is 63.6 Å². The highest BCUT2D eigenvalue weighted by Crippen LogP contribution is 2.41. The standard InChI is InChI=1S/C16H15Cl2NO/c1-19-14-9-16(10-2-4-11(17)5-3-10)20-15-7-6-12(18)8-13(14)15/h2-8,14,16,19H,9H2,1H3. The highest BCUT2D eigenvalue weighted by Gasteiger charge is 2.28. The van der Waals surface area contributed by atoms with E-state index in [0.29, 0.717) is 0 Å². The number of ether oxygens (including phenoxy) is 1. The average molecular weight is 308 g/mol. The van der Waals surface area contributed by atoms with Gasteiger partial charge in [0.1, 0.15) is 11.9 Å². The molecule has 0 saturated carbocycles. The molecule has 3 rings (SSSR count). The second-order valence-electron chi connectivity index (χ2n) is 4.92. The number of nitrogens with one attached hydrogen (secondary N) is 1. The topological polar surface area (TPSA) is 21.3 Å². The molecule has 0 bridgehead atoms. The van der Waals surface area contributed by atoms with Crippen LogP contribution in [0.25, 0.3) is 0 Å². The van der Waals surface area contributed by atoms with Gasteiger partial charge in [0.2, 0.25) is 0 Å². The van der Waals surface area contributed by atoms with Crippen molar-refractivity contribution in [1.82, 2.24) is 5.32 Å². The van der Waals surface area contributed by atoms with Crippen LogP contribution in [0.3, 0.4) is 0 Å². The summed E-state index contributed by atoms with van der Waals surface area (Å²) in [5.74, 6) is 0.889. The van der Waals surface area contributed by atoms with Gasteiger partial charge in [-0.15, -0.1) is 0 Å². The Hall–Kier alpha value is -1.22. The van der Waals surface area contributed by atoms with Gasteiger partial charge in [0.25, 0.3) is 0 Å². The molecule has 1 N–H and O–H groups in total. The van der Waals surface area contributed by atoms with Crippen LogP contribution in [0.15, 0.2) is 42.5 Å². The zero-order valence-corrected chi connectivity index (χ0v) is 12.6. The lowest BCUT2D eigenvalue weighted by Crippen LogP contribution is -2.26. The molecule has 0 fully saturated rings. The molecule has 1 aliphatic rings. The second kappa shape index (κ2) is 5.65. The highest BCUT2D eigenvalue weighted by molar-refractivity contribution is 6.30. The van der Waals surface area contributed by atoms with Crippen LogP contribution in [-0.2, 0) is 0 Å². The van der Waals surface area contributed by atoms with Gasteiger partial charge in [-0.25, -0.2) is 0 Å². The molecule has 2 aromatic carbocycles. The maximum atomic E-state index is 6.10. The Morgan fingerprint density at radius 2 is 1.75 bits per heavy atom. The maximum absolute atomic E-state index is 6.10. The summed E-state index contributed by atoms with van der Waals surface area (Å²) in [6, 6.07) is 13.8. The molecule has 104 valence electrons. The van der Waals surface area contributed by atoms with Crippen LogP contribution in [0.1, 0.15) is 29.7 Å². The van der Waals surface area contributed by atoms with Crippen LogP contribution >= 0.6 is 23.2 Å². The molecule has 4 heteroatoms. The predicted octanol–water partition coefficient (Wildman–Crippen LogP) is 4.78. The molecule has 20 heavy (non-hydrogen) atoms. The lowest BCUT2D eigenvalue weighted by atomic mass is 9.93. The third-order valence-corrected chi connectivity index (χ3v) is 4.14. The van der Waals surface area contributed by atoms with Gasteiger partial charge in [-0.05, 0) is 42.9 Å². The molecule has 1 heterocycles. The summed E-state index contributed by atoms with van der Waals surface area (Å²) in [4.78, 5) is 0. The first-order valence-corrected chi connectivity index (χ1v) is 7.32. The molecule has 0 spiro atoms. The number of halogens is 2. The van der Waals surface area contributed by atoms with E-state index in [4.69, 9.17) is 27.9 Å². The predicted molar refractivity (Wildman–Crippen MR) is 82.7 cm³/mol. The zero-order valence-electron chi connectivity index (χ0n) is 11.1. The van der Waals surface area contributed by atoms with Crippen molar-refractivity contribution in [2.75, 3.05) is 7.05 Å². The van der Waals surface area contributed by atoms with E-state index >= 15 is 0 Å². The highest BCUT2D eigenvalue weighted by atomic mass is 35.5. The summed E-state index contributed by atoms with van der Waals surface area (Å²) in [5, 5.41) is 4.81. The summed E-state index contributed by atoms with van der Waals surface area (Å²) in [5.41, 5.74) is 2.25. The van der Waals surface area contributed by atoms with E-state index < -0.39 is 0 Å². The third-order valence-electron chi connectivity index (χ3n) is 3.66. The summed E-state index contributed by atoms with van der Waals surface area (Å²) in [6.07, 6.45) is 0.893.